The molecular formula is C30H29Br2N2OP. The van der Waals surface area contributed by atoms with Crippen LogP contribution in [-0.2, 0) is 6.54 Å². The lowest BCUT2D eigenvalue weighted by Gasteiger charge is -2.37. The fourth-order valence-corrected chi connectivity index (χ4v) is 8.30. The minimum absolute atomic E-state index is 0.260. The molecule has 0 N–H and O–H groups in total. The summed E-state index contributed by atoms with van der Waals surface area (Å²) in [6, 6.07) is 31.7. The van der Waals surface area contributed by atoms with Crippen LogP contribution >= 0.6 is 39.1 Å². The van der Waals surface area contributed by atoms with Crippen molar-refractivity contribution < 1.29 is 4.52 Å². The number of halogens is 2. The lowest BCUT2D eigenvalue weighted by atomic mass is 10.1. The fraction of sp³-hybridized carbons (Fsp3) is 0.200. The van der Waals surface area contributed by atoms with Gasteiger partial charge < -0.3 is 9.09 Å². The molecule has 5 rings (SSSR count). The lowest BCUT2D eigenvalue weighted by molar-refractivity contribution is 0.571. The number of nitrogens with zero attached hydrogens (tertiary/aromatic N) is 2. The van der Waals surface area contributed by atoms with E-state index in [-0.39, 0.29) is 5.16 Å². The van der Waals surface area contributed by atoms with Gasteiger partial charge in [-0.25, -0.2) is 4.74 Å². The first-order valence-corrected chi connectivity index (χ1v) is 15.3. The molecule has 1 atom stereocenters. The Morgan fingerprint density at radius 3 is 2.03 bits per heavy atom. The topological polar surface area (TPSA) is 26.5 Å². The summed E-state index contributed by atoms with van der Waals surface area (Å²) >= 11 is 7.11. The second-order valence-electron chi connectivity index (χ2n) is 9.83. The van der Waals surface area contributed by atoms with Crippen molar-refractivity contribution in [3.63, 3.8) is 0 Å². The maximum Gasteiger partial charge on any atom is 0.173 e. The van der Waals surface area contributed by atoms with Crippen LogP contribution in [0.15, 0.2) is 105 Å². The quantitative estimate of drug-likeness (QED) is 0.179. The van der Waals surface area contributed by atoms with E-state index in [2.05, 4.69) is 119 Å². The van der Waals surface area contributed by atoms with Gasteiger partial charge >= 0.3 is 0 Å². The summed E-state index contributed by atoms with van der Waals surface area (Å²) < 4.78 is 16.9. The summed E-state index contributed by atoms with van der Waals surface area (Å²) in [7, 11) is -2.60. The van der Waals surface area contributed by atoms with Crippen LogP contribution in [0.2, 0.25) is 0 Å². The van der Waals surface area contributed by atoms with Crippen LogP contribution in [0.4, 0.5) is 5.69 Å². The maximum absolute atomic E-state index is 7.04. The average molecular weight is 624 g/mol. The van der Waals surface area contributed by atoms with E-state index in [1.54, 1.807) is 0 Å². The fourth-order valence-electron chi connectivity index (χ4n) is 4.69. The van der Waals surface area contributed by atoms with Crippen LogP contribution in [0.25, 0.3) is 21.8 Å². The molecule has 0 radical (unpaired) electrons. The summed E-state index contributed by atoms with van der Waals surface area (Å²) in [5.74, 6) is 0.818. The molecule has 5 aromatic rings. The first-order valence-electron chi connectivity index (χ1n) is 12.1. The van der Waals surface area contributed by atoms with Gasteiger partial charge in [0.2, 0.25) is 0 Å². The van der Waals surface area contributed by atoms with Crippen LogP contribution in [0.1, 0.15) is 27.7 Å². The Kier molecular flexibility index (Phi) is 6.93. The van der Waals surface area contributed by atoms with Crippen LogP contribution < -0.4 is 9.83 Å². The van der Waals surface area contributed by atoms with Gasteiger partial charge in [0.25, 0.3) is 0 Å². The monoisotopic (exact) mass is 622 g/mol. The first-order chi connectivity index (χ1) is 17.2. The first kappa shape index (κ1) is 25.3. The number of para-hydroxylation sites is 1. The number of rotatable bonds is 5. The third-order valence-corrected chi connectivity index (χ3v) is 11.3. The minimum atomic E-state index is -2.60. The van der Waals surface area contributed by atoms with Crippen molar-refractivity contribution >= 4 is 71.9 Å². The molecule has 0 amide bonds. The van der Waals surface area contributed by atoms with E-state index < -0.39 is 7.28 Å². The second-order valence-corrected chi connectivity index (χ2v) is 15.1. The van der Waals surface area contributed by atoms with Crippen molar-refractivity contribution in [3.8, 4) is 5.75 Å². The molecule has 0 bridgehead atoms. The predicted octanol–water partition coefficient (Wildman–Crippen LogP) is 10.3. The number of benzene rings is 4. The number of fused-ring (bicyclic) bond motifs is 3. The smallest absolute Gasteiger partial charge is 0.173 e. The van der Waals surface area contributed by atoms with Crippen LogP contribution in [-0.4, -0.2) is 9.72 Å². The zero-order chi connectivity index (χ0) is 25.5. The highest BCUT2D eigenvalue weighted by atomic mass is 79.9. The van der Waals surface area contributed by atoms with Gasteiger partial charge in [0, 0.05) is 47.8 Å². The van der Waals surface area contributed by atoms with Crippen molar-refractivity contribution in [1.82, 2.24) is 4.57 Å². The van der Waals surface area contributed by atoms with E-state index in [4.69, 9.17) is 9.27 Å². The third kappa shape index (κ3) is 4.58. The van der Waals surface area contributed by atoms with Gasteiger partial charge in [0.05, 0.1) is 5.69 Å². The Morgan fingerprint density at radius 2 is 1.39 bits per heavy atom. The number of hydrogen-bond acceptors (Lipinski definition) is 2. The SMILES string of the molecule is CCn1c2ccccc2c2cc(P(=Nc3ccc(Br)cc3)(Oc3ccc(Br)cc3)C(C)(C)C)ccc21. The largest absolute Gasteiger partial charge is 0.455 e. The normalized spacial score (nSPS) is 13.6. The Bertz CT molecular complexity index is 1600. The van der Waals surface area contributed by atoms with E-state index in [9.17, 15) is 0 Å². The van der Waals surface area contributed by atoms with Crippen LogP contribution in [0.5, 0.6) is 5.75 Å². The molecule has 36 heavy (non-hydrogen) atoms. The molecule has 0 saturated heterocycles. The van der Waals surface area contributed by atoms with Gasteiger partial charge in [-0.3, -0.25) is 0 Å². The highest BCUT2D eigenvalue weighted by Crippen LogP contribution is 2.62. The molecule has 6 heteroatoms. The van der Waals surface area contributed by atoms with Crippen LogP contribution in [0, 0.1) is 0 Å². The summed E-state index contributed by atoms with van der Waals surface area (Å²) in [4.78, 5) is 0. The molecule has 0 fully saturated rings. The summed E-state index contributed by atoms with van der Waals surface area (Å²) in [6.07, 6.45) is 0. The Hall–Kier alpha value is -2.33. The van der Waals surface area contributed by atoms with Crippen molar-refractivity contribution in [2.45, 2.75) is 39.4 Å². The number of aryl methyl sites for hydroxylation is 1. The number of aromatic nitrogens is 1. The standard InChI is InChI=1S/C30H29Br2N2OP/c1-5-34-28-9-7-6-8-26(28)27-20-25(18-19-29(27)34)36(30(2,3)4,33-23-14-10-21(31)11-15-23)35-24-16-12-22(32)13-17-24/h6-20H,5H2,1-4H3. The van der Waals surface area contributed by atoms with Crippen molar-refractivity contribution in [3.05, 3.63) is 99.9 Å². The van der Waals surface area contributed by atoms with Gasteiger partial charge in [-0.1, -0.05) is 70.8 Å². The zero-order valence-electron chi connectivity index (χ0n) is 20.9. The molecule has 0 aliphatic rings. The summed E-state index contributed by atoms with van der Waals surface area (Å²) in [5.41, 5.74) is 3.40. The lowest BCUT2D eigenvalue weighted by Crippen LogP contribution is -2.27. The molecule has 0 spiro atoms. The molecule has 3 nitrogen and oxygen atoms in total. The molecular weight excluding hydrogens is 595 g/mol. The van der Waals surface area contributed by atoms with E-state index in [0.717, 1.165) is 32.2 Å². The molecule has 184 valence electrons. The molecule has 0 aliphatic carbocycles. The molecule has 0 saturated carbocycles. The highest BCUT2D eigenvalue weighted by molar-refractivity contribution is 9.10. The van der Waals surface area contributed by atoms with E-state index in [1.165, 1.54) is 21.8 Å². The van der Waals surface area contributed by atoms with Gasteiger partial charge in [-0.2, -0.15) is 0 Å². The molecule has 1 aromatic heterocycles. The Morgan fingerprint density at radius 1 is 0.778 bits per heavy atom. The van der Waals surface area contributed by atoms with Crippen molar-refractivity contribution in [2.75, 3.05) is 0 Å². The van der Waals surface area contributed by atoms with Gasteiger partial charge in [0.15, 0.2) is 7.28 Å². The molecule has 0 aliphatic heterocycles. The van der Waals surface area contributed by atoms with E-state index in [1.807, 2.05) is 36.4 Å². The van der Waals surface area contributed by atoms with E-state index in [0.29, 0.717) is 0 Å². The predicted molar refractivity (Wildman–Crippen MR) is 162 cm³/mol. The maximum atomic E-state index is 7.04. The molecule has 1 unspecified atom stereocenters. The molecule has 4 aromatic carbocycles. The summed E-state index contributed by atoms with van der Waals surface area (Å²) in [6.45, 7) is 9.83. The summed E-state index contributed by atoms with van der Waals surface area (Å²) in [5, 5.41) is 3.37. The third-order valence-electron chi connectivity index (χ3n) is 6.47. The van der Waals surface area contributed by atoms with E-state index >= 15 is 0 Å². The van der Waals surface area contributed by atoms with Crippen molar-refractivity contribution in [2.24, 2.45) is 4.74 Å². The highest BCUT2D eigenvalue weighted by Gasteiger charge is 2.39. The zero-order valence-corrected chi connectivity index (χ0v) is 24.9. The Labute approximate surface area is 229 Å². The van der Waals surface area contributed by atoms with Crippen molar-refractivity contribution in [1.29, 1.82) is 0 Å². The van der Waals surface area contributed by atoms with Gasteiger partial charge in [-0.05, 0) is 79.7 Å². The van der Waals surface area contributed by atoms with Crippen LogP contribution in [0.3, 0.4) is 0 Å². The number of hydrogen-bond donors (Lipinski definition) is 0. The molecule has 1 heterocycles. The minimum Gasteiger partial charge on any atom is -0.455 e. The Balaban J connectivity index is 1.83. The average Bonchev–Trinajstić information content (AvgIpc) is 3.18. The second kappa shape index (κ2) is 9.85. The van der Waals surface area contributed by atoms with Gasteiger partial charge in [0.1, 0.15) is 5.75 Å². The van der Waals surface area contributed by atoms with Gasteiger partial charge in [-0.15, -0.1) is 0 Å².